The van der Waals surface area contributed by atoms with Crippen LogP contribution in [0.1, 0.15) is 43.1 Å². The quantitative estimate of drug-likeness (QED) is 0.843. The third-order valence-electron chi connectivity index (χ3n) is 3.93. The fourth-order valence-electron chi connectivity index (χ4n) is 2.68. The molecule has 1 saturated heterocycles. The lowest BCUT2D eigenvalue weighted by Gasteiger charge is -2.23. The smallest absolute Gasteiger partial charge is 0.112 e. The minimum absolute atomic E-state index is 0.689. The second kappa shape index (κ2) is 4.21. The number of piperidine rings is 1. The molecule has 2 heterocycles. The second-order valence-electron chi connectivity index (χ2n) is 5.34. The molecule has 16 heavy (non-hydrogen) atoms. The molecule has 0 radical (unpaired) electrons. The van der Waals surface area contributed by atoms with E-state index in [1.807, 2.05) is 0 Å². The van der Waals surface area contributed by atoms with E-state index in [1.165, 1.54) is 43.7 Å². The summed E-state index contributed by atoms with van der Waals surface area (Å²) >= 11 is 0. The topological polar surface area (TPSA) is 29.9 Å². The molecule has 0 aromatic carbocycles. The van der Waals surface area contributed by atoms with Gasteiger partial charge in [0, 0.05) is 24.4 Å². The van der Waals surface area contributed by atoms with Crippen LogP contribution in [0.2, 0.25) is 0 Å². The van der Waals surface area contributed by atoms with E-state index in [9.17, 15) is 0 Å². The molecule has 0 spiro atoms. The number of imidazole rings is 1. The molecule has 88 valence electrons. The van der Waals surface area contributed by atoms with E-state index in [-0.39, 0.29) is 0 Å². The Morgan fingerprint density at radius 2 is 2.06 bits per heavy atom. The van der Waals surface area contributed by atoms with Gasteiger partial charge in [-0.3, -0.25) is 0 Å². The molecule has 2 fully saturated rings. The van der Waals surface area contributed by atoms with Gasteiger partial charge in [-0.25, -0.2) is 4.98 Å². The lowest BCUT2D eigenvalue weighted by Crippen LogP contribution is -2.28. The highest BCUT2D eigenvalue weighted by Crippen LogP contribution is 2.33. The van der Waals surface area contributed by atoms with Crippen LogP contribution in [0, 0.1) is 12.8 Å². The van der Waals surface area contributed by atoms with Gasteiger partial charge in [0.1, 0.15) is 5.82 Å². The van der Waals surface area contributed by atoms with E-state index in [4.69, 9.17) is 0 Å². The van der Waals surface area contributed by atoms with E-state index in [0.717, 1.165) is 19.0 Å². The second-order valence-corrected chi connectivity index (χ2v) is 5.34. The number of aromatic nitrogens is 2. The predicted molar refractivity (Wildman–Crippen MR) is 64.5 cm³/mol. The van der Waals surface area contributed by atoms with Gasteiger partial charge in [-0.1, -0.05) is 0 Å². The molecular formula is C13H21N3. The average Bonchev–Trinajstić information content (AvgIpc) is 3.06. The summed E-state index contributed by atoms with van der Waals surface area (Å²) < 4.78 is 2.48. The van der Waals surface area contributed by atoms with Gasteiger partial charge in [0.05, 0.1) is 0 Å². The number of aryl methyl sites for hydroxylation is 1. The highest BCUT2D eigenvalue weighted by molar-refractivity contribution is 5.09. The van der Waals surface area contributed by atoms with E-state index < -0.39 is 0 Å². The van der Waals surface area contributed by atoms with Crippen molar-refractivity contribution in [3.8, 4) is 0 Å². The van der Waals surface area contributed by atoms with Gasteiger partial charge in [0.25, 0.3) is 0 Å². The van der Waals surface area contributed by atoms with Gasteiger partial charge < -0.3 is 9.88 Å². The third kappa shape index (κ3) is 2.01. The molecule has 1 N–H and O–H groups in total. The summed E-state index contributed by atoms with van der Waals surface area (Å²) in [6, 6.07) is 0. The zero-order valence-electron chi connectivity index (χ0n) is 10.1. The summed E-state index contributed by atoms with van der Waals surface area (Å²) in [7, 11) is 0. The Bertz CT molecular complexity index is 359. The van der Waals surface area contributed by atoms with Gasteiger partial charge >= 0.3 is 0 Å². The van der Waals surface area contributed by atoms with E-state index >= 15 is 0 Å². The van der Waals surface area contributed by atoms with Gasteiger partial charge in [-0.05, 0) is 51.6 Å². The van der Waals surface area contributed by atoms with Crippen LogP contribution < -0.4 is 5.32 Å². The molecule has 3 nitrogen and oxygen atoms in total. The predicted octanol–water partition coefficient (Wildman–Crippen LogP) is 2.07. The Morgan fingerprint density at radius 1 is 1.31 bits per heavy atom. The summed E-state index contributed by atoms with van der Waals surface area (Å²) in [6.07, 6.45) is 7.40. The summed E-state index contributed by atoms with van der Waals surface area (Å²) in [5.74, 6) is 2.98. The van der Waals surface area contributed by atoms with Crippen LogP contribution in [-0.4, -0.2) is 22.6 Å². The zero-order valence-corrected chi connectivity index (χ0v) is 10.1. The Hall–Kier alpha value is -0.830. The molecule has 1 saturated carbocycles. The van der Waals surface area contributed by atoms with Crippen molar-refractivity contribution >= 4 is 0 Å². The average molecular weight is 219 g/mol. The molecule has 2 aliphatic rings. The van der Waals surface area contributed by atoms with Crippen LogP contribution >= 0.6 is 0 Å². The highest BCUT2D eigenvalue weighted by Gasteiger charge is 2.26. The van der Waals surface area contributed by atoms with Crippen LogP contribution in [0.4, 0.5) is 0 Å². The lowest BCUT2D eigenvalue weighted by molar-refractivity contribution is 0.424. The summed E-state index contributed by atoms with van der Waals surface area (Å²) in [4.78, 5) is 4.66. The molecule has 0 atom stereocenters. The van der Waals surface area contributed by atoms with Gasteiger partial charge in [-0.2, -0.15) is 0 Å². The number of rotatable bonds is 3. The van der Waals surface area contributed by atoms with Crippen LogP contribution in [0.15, 0.2) is 6.20 Å². The molecule has 3 heteroatoms. The Labute approximate surface area is 97.3 Å². The Morgan fingerprint density at radius 3 is 2.75 bits per heavy atom. The summed E-state index contributed by atoms with van der Waals surface area (Å²) in [5, 5.41) is 3.43. The van der Waals surface area contributed by atoms with Crippen LogP contribution in [0.5, 0.6) is 0 Å². The molecule has 0 amide bonds. The molecule has 3 rings (SSSR count). The van der Waals surface area contributed by atoms with E-state index in [2.05, 4.69) is 28.0 Å². The first-order chi connectivity index (χ1) is 7.84. The van der Waals surface area contributed by atoms with Crippen molar-refractivity contribution in [2.24, 2.45) is 5.92 Å². The van der Waals surface area contributed by atoms with Crippen LogP contribution in [0.3, 0.4) is 0 Å². The van der Waals surface area contributed by atoms with Crippen molar-refractivity contribution in [1.82, 2.24) is 14.9 Å². The summed E-state index contributed by atoms with van der Waals surface area (Å²) in [5.41, 5.74) is 1.35. The molecule has 1 aromatic rings. The maximum atomic E-state index is 4.66. The first-order valence-corrected chi connectivity index (χ1v) is 6.57. The third-order valence-corrected chi connectivity index (χ3v) is 3.93. The van der Waals surface area contributed by atoms with Gasteiger partial charge in [-0.15, -0.1) is 0 Å². The fraction of sp³-hybridized carbons (Fsp3) is 0.769. The van der Waals surface area contributed by atoms with Crippen molar-refractivity contribution in [3.63, 3.8) is 0 Å². The largest absolute Gasteiger partial charge is 0.332 e. The van der Waals surface area contributed by atoms with Crippen molar-refractivity contribution < 1.29 is 0 Å². The van der Waals surface area contributed by atoms with Crippen molar-refractivity contribution in [1.29, 1.82) is 0 Å². The monoisotopic (exact) mass is 219 g/mol. The van der Waals surface area contributed by atoms with Crippen molar-refractivity contribution in [3.05, 3.63) is 17.7 Å². The minimum Gasteiger partial charge on any atom is -0.332 e. The van der Waals surface area contributed by atoms with Crippen LogP contribution in [-0.2, 0) is 6.54 Å². The Kier molecular flexibility index (Phi) is 2.72. The number of nitrogens with one attached hydrogen (secondary N) is 1. The van der Waals surface area contributed by atoms with Gasteiger partial charge in [0.2, 0.25) is 0 Å². The molecule has 0 unspecified atom stereocenters. The molecule has 1 aromatic heterocycles. The number of nitrogens with zero attached hydrogens (tertiary/aromatic N) is 2. The standard InChI is InChI=1S/C13H21N3/c1-10-8-15-13(12-4-6-14-7-5-12)16(10)9-11-2-3-11/h8,11-12,14H,2-7,9H2,1H3. The highest BCUT2D eigenvalue weighted by atomic mass is 15.1. The fourth-order valence-corrected chi connectivity index (χ4v) is 2.68. The van der Waals surface area contributed by atoms with E-state index in [1.54, 1.807) is 0 Å². The molecule has 1 aliphatic heterocycles. The van der Waals surface area contributed by atoms with Crippen LogP contribution in [0.25, 0.3) is 0 Å². The van der Waals surface area contributed by atoms with E-state index in [0.29, 0.717) is 5.92 Å². The zero-order chi connectivity index (χ0) is 11.0. The first-order valence-electron chi connectivity index (χ1n) is 6.57. The molecule has 1 aliphatic carbocycles. The van der Waals surface area contributed by atoms with Gasteiger partial charge in [0.15, 0.2) is 0 Å². The summed E-state index contributed by atoms with van der Waals surface area (Å²) in [6.45, 7) is 5.71. The maximum Gasteiger partial charge on any atom is 0.112 e. The number of hydrogen-bond donors (Lipinski definition) is 1. The number of hydrogen-bond acceptors (Lipinski definition) is 2. The maximum absolute atomic E-state index is 4.66. The minimum atomic E-state index is 0.689. The molecular weight excluding hydrogens is 198 g/mol. The molecule has 0 bridgehead atoms. The van der Waals surface area contributed by atoms with Crippen molar-refractivity contribution in [2.75, 3.05) is 13.1 Å². The lowest BCUT2D eigenvalue weighted by atomic mass is 9.97. The first kappa shape index (κ1) is 10.3. The Balaban J connectivity index is 1.80. The normalized spacial score (nSPS) is 22.6. The SMILES string of the molecule is Cc1cnc(C2CCNCC2)n1CC1CC1. The van der Waals surface area contributed by atoms with Crippen molar-refractivity contribution in [2.45, 2.75) is 45.1 Å².